The average Bonchev–Trinajstić information content (AvgIpc) is 3.88. The van der Waals surface area contributed by atoms with Crippen molar-refractivity contribution in [3.8, 4) is 28.0 Å². The molecule has 1 aromatic carbocycles. The van der Waals surface area contributed by atoms with Crippen LogP contribution in [0.25, 0.3) is 27.5 Å². The van der Waals surface area contributed by atoms with Gasteiger partial charge in [-0.3, -0.25) is 39.3 Å². The van der Waals surface area contributed by atoms with Gasteiger partial charge in [-0.1, -0.05) is 17.4 Å². The van der Waals surface area contributed by atoms with Crippen LogP contribution in [0, 0.1) is 16.7 Å². The Morgan fingerprint density at radius 3 is 2.66 bits per heavy atom. The summed E-state index contributed by atoms with van der Waals surface area (Å²) in [4.78, 5) is 60.9. The van der Waals surface area contributed by atoms with Crippen molar-refractivity contribution < 1.29 is 19.2 Å². The van der Waals surface area contributed by atoms with E-state index in [4.69, 9.17) is 4.98 Å². The molecule has 1 atom stereocenters. The van der Waals surface area contributed by atoms with Crippen LogP contribution in [-0.4, -0.2) is 97.5 Å². The summed E-state index contributed by atoms with van der Waals surface area (Å²) < 4.78 is 1.77. The lowest BCUT2D eigenvalue weighted by Crippen LogP contribution is -2.62. The van der Waals surface area contributed by atoms with Crippen LogP contribution in [0.5, 0.6) is 0 Å². The topological polar surface area (TPSA) is 182 Å². The number of carbonyl (C=O) groups excluding carboxylic acids is 4. The fraction of sp³-hybridized carbons (Fsp3) is 0.324. The lowest BCUT2D eigenvalue weighted by molar-refractivity contribution is -0.136. The molecular weight excluding hydrogens is 695 g/mol. The van der Waals surface area contributed by atoms with Gasteiger partial charge >= 0.3 is 0 Å². The van der Waals surface area contributed by atoms with Gasteiger partial charge in [0.2, 0.25) is 16.9 Å². The molecule has 0 aliphatic carbocycles. The fourth-order valence-corrected chi connectivity index (χ4v) is 9.09. The van der Waals surface area contributed by atoms with Crippen LogP contribution in [0.15, 0.2) is 54.9 Å². The molecule has 53 heavy (non-hydrogen) atoms. The largest absolute Gasteiger partial charge is 0.387 e. The van der Waals surface area contributed by atoms with Crippen molar-refractivity contribution in [2.45, 2.75) is 38.3 Å². The van der Waals surface area contributed by atoms with Crippen molar-refractivity contribution in [1.29, 1.82) is 5.26 Å². The van der Waals surface area contributed by atoms with Gasteiger partial charge in [-0.25, -0.2) is 4.52 Å². The van der Waals surface area contributed by atoms with E-state index in [0.29, 0.717) is 23.2 Å². The van der Waals surface area contributed by atoms with Gasteiger partial charge in [-0.05, 0) is 61.2 Å². The number of benzene rings is 1. The minimum absolute atomic E-state index is 0.0882. The number of anilines is 2. The molecule has 266 valence electrons. The summed E-state index contributed by atoms with van der Waals surface area (Å²) in [6.07, 6.45) is 5.73. The van der Waals surface area contributed by atoms with Gasteiger partial charge in [-0.15, -0.1) is 10.2 Å². The number of rotatable bonds is 7. The number of imide groups is 2. The van der Waals surface area contributed by atoms with Gasteiger partial charge in [0, 0.05) is 63.5 Å². The number of aromatic nitrogens is 5. The first-order chi connectivity index (χ1) is 25.7. The summed E-state index contributed by atoms with van der Waals surface area (Å²) in [5.41, 5.74) is 6.24. The minimum Gasteiger partial charge on any atom is -0.387 e. The number of carbonyl (C=O) groups is 4. The Morgan fingerprint density at radius 1 is 1.00 bits per heavy atom. The number of nitrogens with zero attached hydrogens (tertiary/aromatic N) is 9. The maximum atomic E-state index is 13.3. The molecule has 4 amide bonds. The molecule has 3 fully saturated rings. The average molecular weight is 728 g/mol. The van der Waals surface area contributed by atoms with E-state index in [2.05, 4.69) is 41.8 Å². The zero-order chi connectivity index (χ0) is 36.4. The van der Waals surface area contributed by atoms with Crippen LogP contribution < -0.4 is 15.5 Å². The molecule has 4 aliphatic heterocycles. The van der Waals surface area contributed by atoms with E-state index < -0.39 is 29.7 Å². The molecule has 0 bridgehead atoms. The maximum Gasteiger partial charge on any atom is 0.262 e. The number of pyridine rings is 1. The lowest BCUT2D eigenvalue weighted by Gasteiger charge is -2.54. The molecule has 1 spiro atoms. The van der Waals surface area contributed by atoms with E-state index in [1.165, 1.54) is 0 Å². The predicted molar refractivity (Wildman–Crippen MR) is 194 cm³/mol. The Bertz CT molecular complexity index is 2410. The van der Waals surface area contributed by atoms with Crippen LogP contribution in [0.3, 0.4) is 0 Å². The zero-order valence-electron chi connectivity index (χ0n) is 28.7. The summed E-state index contributed by atoms with van der Waals surface area (Å²) >= 11 is 1.55. The quantitative estimate of drug-likeness (QED) is 0.234. The lowest BCUT2D eigenvalue weighted by atomic mass is 9.73. The van der Waals surface area contributed by atoms with Crippen LogP contribution >= 0.6 is 11.3 Å². The Labute approximate surface area is 307 Å². The normalized spacial score (nSPS) is 19.7. The second-order valence-electron chi connectivity index (χ2n) is 14.2. The Kier molecular flexibility index (Phi) is 7.78. The third kappa shape index (κ3) is 5.60. The molecule has 15 nitrogen and oxygen atoms in total. The van der Waals surface area contributed by atoms with E-state index in [1.807, 2.05) is 37.5 Å². The van der Waals surface area contributed by atoms with Crippen molar-refractivity contribution >= 4 is 51.3 Å². The summed E-state index contributed by atoms with van der Waals surface area (Å²) in [6.45, 7) is 4.21. The van der Waals surface area contributed by atoms with Crippen molar-refractivity contribution in [2.75, 3.05) is 43.4 Å². The van der Waals surface area contributed by atoms with Gasteiger partial charge in [0.05, 0.1) is 45.4 Å². The Balaban J connectivity index is 0.857. The predicted octanol–water partition coefficient (Wildman–Crippen LogP) is 3.33. The summed E-state index contributed by atoms with van der Waals surface area (Å²) in [5.74, 6) is -1.99. The smallest absolute Gasteiger partial charge is 0.262 e. The van der Waals surface area contributed by atoms with Crippen molar-refractivity contribution in [1.82, 2.24) is 39.9 Å². The zero-order valence-corrected chi connectivity index (χ0v) is 29.5. The van der Waals surface area contributed by atoms with Crippen molar-refractivity contribution in [2.24, 2.45) is 5.41 Å². The van der Waals surface area contributed by atoms with Gasteiger partial charge in [0.25, 0.3) is 11.8 Å². The third-order valence-corrected chi connectivity index (χ3v) is 11.7. The summed E-state index contributed by atoms with van der Waals surface area (Å²) in [6, 6.07) is 14.1. The standard InChI is InChI=1S/C37H33N11O4S/c1-39-27-13-28(29-6-4-23-11-22(14-38)15-41-48(23)29)40-16-26(27)33-43-44-36(53-33)46-10-2-9-37(20-46)18-45(19-37)17-21-3-5-24-25(12-21)35(52)47(34(24)51)30-7-8-31(49)42-32(30)50/h3-6,11-13,15-16,30H,2,7-10,17-20H2,1H3,(H,39,40)(H,42,49,50). The van der Waals surface area contributed by atoms with Gasteiger partial charge in [0.15, 0.2) is 5.01 Å². The van der Waals surface area contributed by atoms with E-state index >= 15 is 0 Å². The monoisotopic (exact) mass is 727 g/mol. The molecule has 16 heteroatoms. The van der Waals surface area contributed by atoms with Gasteiger partial charge in [-0.2, -0.15) is 10.4 Å². The van der Waals surface area contributed by atoms with E-state index in [-0.39, 0.29) is 18.3 Å². The van der Waals surface area contributed by atoms with Crippen molar-refractivity contribution in [3.63, 3.8) is 0 Å². The van der Waals surface area contributed by atoms with Crippen LogP contribution in [0.1, 0.15) is 57.5 Å². The van der Waals surface area contributed by atoms with E-state index in [1.54, 1.807) is 40.2 Å². The number of piperidine rings is 2. The molecule has 4 aliphatic rings. The highest BCUT2D eigenvalue weighted by molar-refractivity contribution is 7.18. The van der Waals surface area contributed by atoms with Crippen molar-refractivity contribution in [3.05, 3.63) is 77.1 Å². The highest BCUT2D eigenvalue weighted by Gasteiger charge is 2.47. The molecule has 0 saturated carbocycles. The number of nitrogens with one attached hydrogen (secondary N) is 2. The number of fused-ring (bicyclic) bond motifs is 2. The van der Waals surface area contributed by atoms with Crippen LogP contribution in [-0.2, 0) is 16.1 Å². The second-order valence-corrected chi connectivity index (χ2v) is 15.1. The third-order valence-electron chi connectivity index (χ3n) is 10.7. The first-order valence-electron chi connectivity index (χ1n) is 17.4. The molecule has 4 aromatic heterocycles. The molecule has 9 rings (SSSR count). The SMILES string of the molecule is CNc1cc(-c2ccc3cc(C#N)cnn23)ncc1-c1nnc(N2CCCC3(CN(Cc4ccc5c(c4)C(=O)N(C4CCC(=O)NC4=O)C5=O)C3)C2)s1. The number of likely N-dealkylation sites (tertiary alicyclic amines) is 1. The summed E-state index contributed by atoms with van der Waals surface area (Å²) in [5, 5.41) is 30.0. The highest BCUT2D eigenvalue weighted by Crippen LogP contribution is 2.43. The molecule has 1 unspecified atom stereocenters. The van der Waals surface area contributed by atoms with Gasteiger partial charge in [0.1, 0.15) is 12.1 Å². The number of hydrogen-bond acceptors (Lipinski definition) is 13. The van der Waals surface area contributed by atoms with Crippen LogP contribution in [0.4, 0.5) is 10.8 Å². The molecule has 0 radical (unpaired) electrons. The first-order valence-corrected chi connectivity index (χ1v) is 18.3. The number of amides is 4. The van der Waals surface area contributed by atoms with E-state index in [9.17, 15) is 24.4 Å². The van der Waals surface area contributed by atoms with Gasteiger partial charge < -0.3 is 10.2 Å². The molecule has 3 saturated heterocycles. The maximum absolute atomic E-state index is 13.3. The first kappa shape index (κ1) is 32.8. The van der Waals surface area contributed by atoms with Crippen LogP contribution in [0.2, 0.25) is 0 Å². The Hall–Kier alpha value is -6.05. The molecular formula is C37H33N11O4S. The minimum atomic E-state index is -0.977. The second kappa shape index (κ2) is 12.6. The number of nitriles is 1. The Morgan fingerprint density at radius 2 is 1.85 bits per heavy atom. The highest BCUT2D eigenvalue weighted by atomic mass is 32.1. The molecule has 2 N–H and O–H groups in total. The molecule has 5 aromatic rings. The van der Waals surface area contributed by atoms with E-state index in [0.717, 1.165) is 87.8 Å². The summed E-state index contributed by atoms with van der Waals surface area (Å²) in [7, 11) is 1.87. The number of hydrogen-bond donors (Lipinski definition) is 2. The fourth-order valence-electron chi connectivity index (χ4n) is 8.20. The molecule has 8 heterocycles.